The number of nitrogens with one attached hydrogen (secondary N) is 1. The Morgan fingerprint density at radius 2 is 1.97 bits per heavy atom. The highest BCUT2D eigenvalue weighted by atomic mass is 35.5. The Bertz CT molecular complexity index is 983. The van der Waals surface area contributed by atoms with E-state index in [9.17, 15) is 13.2 Å². The van der Waals surface area contributed by atoms with Crippen LogP contribution in [0.25, 0.3) is 0 Å². The molecule has 0 saturated carbocycles. The van der Waals surface area contributed by atoms with Gasteiger partial charge in [0.15, 0.2) is 0 Å². The predicted molar refractivity (Wildman–Crippen MR) is 125 cm³/mol. The Hall–Kier alpha value is -1.74. The fourth-order valence-electron chi connectivity index (χ4n) is 3.46. The van der Waals surface area contributed by atoms with Crippen LogP contribution in [0.4, 0.5) is 0 Å². The number of halogens is 1. The van der Waals surface area contributed by atoms with Crippen LogP contribution in [0.15, 0.2) is 53.4 Å². The van der Waals surface area contributed by atoms with Gasteiger partial charge in [-0.05, 0) is 48.7 Å². The molecule has 1 amide bonds. The second-order valence-corrected chi connectivity index (χ2v) is 10.8. The first-order valence-electron chi connectivity index (χ1n) is 10.1. The van der Waals surface area contributed by atoms with Gasteiger partial charge in [-0.1, -0.05) is 29.8 Å². The van der Waals surface area contributed by atoms with Gasteiger partial charge in [-0.25, -0.2) is 8.42 Å². The van der Waals surface area contributed by atoms with E-state index < -0.39 is 10.0 Å². The molecule has 1 aliphatic heterocycles. The number of hydrogen-bond acceptors (Lipinski definition) is 5. The van der Waals surface area contributed by atoms with Crippen LogP contribution in [0.2, 0.25) is 5.02 Å². The number of ether oxygens (including phenoxy) is 1. The van der Waals surface area contributed by atoms with Crippen molar-refractivity contribution in [1.29, 1.82) is 0 Å². The van der Waals surface area contributed by atoms with Crippen molar-refractivity contribution in [1.82, 2.24) is 9.62 Å². The monoisotopic (exact) mass is 482 g/mol. The SMILES string of the molecule is COc1ccc(S(=O)(=O)N2CCCC(C(=O)NCCSCc3ccccc3Cl)C2)cc1. The molecule has 1 unspecified atom stereocenters. The number of carbonyl (C=O) groups is 1. The number of carbonyl (C=O) groups excluding carboxylic acids is 1. The van der Waals surface area contributed by atoms with Gasteiger partial charge in [-0.15, -0.1) is 0 Å². The fourth-order valence-corrected chi connectivity index (χ4v) is 6.13. The van der Waals surface area contributed by atoms with E-state index in [1.54, 1.807) is 23.9 Å². The highest BCUT2D eigenvalue weighted by Crippen LogP contribution is 2.25. The molecule has 0 radical (unpaired) electrons. The molecule has 9 heteroatoms. The number of methoxy groups -OCH3 is 1. The molecule has 0 bridgehead atoms. The third kappa shape index (κ3) is 6.38. The number of piperidine rings is 1. The zero-order valence-corrected chi connectivity index (χ0v) is 19.8. The predicted octanol–water partition coefficient (Wildman–Crippen LogP) is 3.80. The van der Waals surface area contributed by atoms with E-state index in [4.69, 9.17) is 16.3 Å². The number of hydrogen-bond donors (Lipinski definition) is 1. The first kappa shape index (κ1) is 23.9. The Labute approximate surface area is 193 Å². The zero-order chi connectivity index (χ0) is 22.3. The first-order valence-corrected chi connectivity index (χ1v) is 13.1. The lowest BCUT2D eigenvalue weighted by atomic mass is 9.99. The van der Waals surface area contributed by atoms with Gasteiger partial charge in [0, 0.05) is 36.2 Å². The third-order valence-corrected chi connectivity index (χ3v) is 8.47. The molecule has 31 heavy (non-hydrogen) atoms. The van der Waals surface area contributed by atoms with E-state index in [-0.39, 0.29) is 23.3 Å². The van der Waals surface area contributed by atoms with Gasteiger partial charge >= 0.3 is 0 Å². The number of rotatable bonds is 9. The summed E-state index contributed by atoms with van der Waals surface area (Å²) in [5.41, 5.74) is 1.08. The van der Waals surface area contributed by atoms with Crippen molar-refractivity contribution in [3.8, 4) is 5.75 Å². The summed E-state index contributed by atoms with van der Waals surface area (Å²) in [4.78, 5) is 12.8. The summed E-state index contributed by atoms with van der Waals surface area (Å²) in [5, 5.41) is 3.70. The van der Waals surface area contributed by atoms with Crippen molar-refractivity contribution >= 4 is 39.3 Å². The van der Waals surface area contributed by atoms with Crippen LogP contribution in [0.5, 0.6) is 5.75 Å². The molecule has 1 saturated heterocycles. The number of sulfonamides is 1. The molecule has 0 aliphatic carbocycles. The lowest BCUT2D eigenvalue weighted by molar-refractivity contribution is -0.125. The van der Waals surface area contributed by atoms with Crippen molar-refractivity contribution < 1.29 is 17.9 Å². The summed E-state index contributed by atoms with van der Waals surface area (Å²) < 4.78 is 32.4. The molecule has 1 atom stereocenters. The molecule has 1 aliphatic rings. The summed E-state index contributed by atoms with van der Waals surface area (Å²) in [6, 6.07) is 14.0. The second-order valence-electron chi connectivity index (χ2n) is 7.31. The lowest BCUT2D eigenvalue weighted by Crippen LogP contribution is -2.45. The lowest BCUT2D eigenvalue weighted by Gasteiger charge is -2.31. The molecular formula is C22H27ClN2O4S2. The van der Waals surface area contributed by atoms with Crippen molar-refractivity contribution in [2.75, 3.05) is 32.5 Å². The van der Waals surface area contributed by atoms with E-state index >= 15 is 0 Å². The molecule has 0 spiro atoms. The normalized spacial score (nSPS) is 17.3. The maximum atomic E-state index is 13.0. The van der Waals surface area contributed by atoms with Crippen molar-refractivity contribution in [3.05, 3.63) is 59.1 Å². The molecule has 1 heterocycles. The van der Waals surface area contributed by atoms with E-state index in [2.05, 4.69) is 5.32 Å². The quantitative estimate of drug-likeness (QED) is 0.550. The molecule has 0 aromatic heterocycles. The van der Waals surface area contributed by atoms with Crippen LogP contribution in [-0.4, -0.2) is 51.1 Å². The minimum Gasteiger partial charge on any atom is -0.497 e. The van der Waals surface area contributed by atoms with Crippen LogP contribution in [0.1, 0.15) is 18.4 Å². The van der Waals surface area contributed by atoms with Crippen LogP contribution in [0, 0.1) is 5.92 Å². The van der Waals surface area contributed by atoms with Crippen LogP contribution >= 0.6 is 23.4 Å². The molecule has 1 fully saturated rings. The van der Waals surface area contributed by atoms with Crippen LogP contribution < -0.4 is 10.1 Å². The summed E-state index contributed by atoms with van der Waals surface area (Å²) in [6.07, 6.45) is 1.35. The molecule has 2 aromatic carbocycles. The minimum absolute atomic E-state index is 0.0898. The first-order chi connectivity index (χ1) is 14.9. The van der Waals surface area contributed by atoms with Crippen LogP contribution in [0.3, 0.4) is 0 Å². The van der Waals surface area contributed by atoms with E-state index in [0.29, 0.717) is 31.7 Å². The topological polar surface area (TPSA) is 75.7 Å². The number of amides is 1. The molecular weight excluding hydrogens is 456 g/mol. The van der Waals surface area contributed by atoms with E-state index in [1.165, 1.54) is 23.5 Å². The summed E-state index contributed by atoms with van der Waals surface area (Å²) >= 11 is 7.85. The van der Waals surface area contributed by atoms with E-state index in [0.717, 1.165) is 22.1 Å². The largest absolute Gasteiger partial charge is 0.497 e. The van der Waals surface area contributed by atoms with Gasteiger partial charge < -0.3 is 10.1 Å². The Morgan fingerprint density at radius 3 is 2.68 bits per heavy atom. The third-order valence-electron chi connectivity index (χ3n) is 5.21. The molecule has 168 valence electrons. The van der Waals surface area contributed by atoms with Gasteiger partial charge in [0.2, 0.25) is 15.9 Å². The second kappa shape index (κ2) is 11.2. The average Bonchev–Trinajstić information content (AvgIpc) is 2.80. The maximum absolute atomic E-state index is 13.0. The molecule has 2 aromatic rings. The van der Waals surface area contributed by atoms with Crippen LogP contribution in [-0.2, 0) is 20.6 Å². The highest BCUT2D eigenvalue weighted by molar-refractivity contribution is 7.98. The van der Waals surface area contributed by atoms with Crippen molar-refractivity contribution in [2.45, 2.75) is 23.5 Å². The van der Waals surface area contributed by atoms with E-state index in [1.807, 2.05) is 24.3 Å². The van der Waals surface area contributed by atoms with Gasteiger partial charge in [-0.3, -0.25) is 4.79 Å². The van der Waals surface area contributed by atoms with Crippen molar-refractivity contribution in [3.63, 3.8) is 0 Å². The Morgan fingerprint density at radius 1 is 1.23 bits per heavy atom. The number of thioether (sulfide) groups is 1. The smallest absolute Gasteiger partial charge is 0.243 e. The molecule has 1 N–H and O–H groups in total. The Balaban J connectivity index is 1.48. The summed E-state index contributed by atoms with van der Waals surface area (Å²) in [6.45, 7) is 1.16. The zero-order valence-electron chi connectivity index (χ0n) is 17.4. The average molecular weight is 483 g/mol. The summed E-state index contributed by atoms with van der Waals surface area (Å²) in [5.74, 6) is 1.72. The summed E-state index contributed by atoms with van der Waals surface area (Å²) in [7, 11) is -2.10. The molecule has 3 rings (SSSR count). The highest BCUT2D eigenvalue weighted by Gasteiger charge is 2.33. The van der Waals surface area contributed by atoms with Gasteiger partial charge in [0.25, 0.3) is 0 Å². The standard InChI is InChI=1S/C22H27ClN2O4S2/c1-29-19-8-10-20(11-9-19)31(27,28)25-13-4-6-17(15-25)22(26)24-12-14-30-16-18-5-2-3-7-21(18)23/h2-3,5,7-11,17H,4,6,12-16H2,1H3,(H,24,26). The minimum atomic E-state index is -3.64. The number of benzene rings is 2. The Kier molecular flexibility index (Phi) is 8.66. The fraction of sp³-hybridized carbons (Fsp3) is 0.409. The maximum Gasteiger partial charge on any atom is 0.243 e. The number of nitrogens with zero attached hydrogens (tertiary/aromatic N) is 1. The van der Waals surface area contributed by atoms with Gasteiger partial charge in [0.1, 0.15) is 5.75 Å². The van der Waals surface area contributed by atoms with Crippen molar-refractivity contribution in [2.24, 2.45) is 5.92 Å². The van der Waals surface area contributed by atoms with Gasteiger partial charge in [0.05, 0.1) is 17.9 Å². The molecule has 6 nitrogen and oxygen atoms in total. The van der Waals surface area contributed by atoms with Gasteiger partial charge in [-0.2, -0.15) is 16.1 Å².